The third-order valence-electron chi connectivity index (χ3n) is 2.59. The highest BCUT2D eigenvalue weighted by Gasteiger charge is 2.13. The number of halogens is 1. The van der Waals surface area contributed by atoms with Crippen LogP contribution in [-0.4, -0.2) is 23.2 Å². The standard InChI is InChI=1S/C15H14ClN3O2/c1-11(21-14-4-2-13(16)3-5-14)15(20)19-18-10-12-6-8-17-9-7-12/h2-11H,1H3,(H,19,20)/t11-/m0/s1. The van der Waals surface area contributed by atoms with Gasteiger partial charge in [-0.1, -0.05) is 11.6 Å². The largest absolute Gasteiger partial charge is 0.481 e. The number of hydrogen-bond donors (Lipinski definition) is 1. The van der Waals surface area contributed by atoms with Crippen LogP contribution >= 0.6 is 11.6 Å². The summed E-state index contributed by atoms with van der Waals surface area (Å²) in [6.45, 7) is 1.64. The first-order valence-corrected chi connectivity index (χ1v) is 6.68. The van der Waals surface area contributed by atoms with Gasteiger partial charge in [-0.3, -0.25) is 9.78 Å². The van der Waals surface area contributed by atoms with E-state index in [0.717, 1.165) is 5.56 Å². The van der Waals surface area contributed by atoms with E-state index in [4.69, 9.17) is 16.3 Å². The van der Waals surface area contributed by atoms with E-state index < -0.39 is 6.10 Å². The van der Waals surface area contributed by atoms with Crippen LogP contribution in [-0.2, 0) is 4.79 Å². The maximum atomic E-state index is 11.8. The fourth-order valence-electron chi connectivity index (χ4n) is 1.48. The van der Waals surface area contributed by atoms with Crippen molar-refractivity contribution in [2.45, 2.75) is 13.0 Å². The second kappa shape index (κ2) is 7.40. The molecule has 0 spiro atoms. The van der Waals surface area contributed by atoms with Gasteiger partial charge in [-0.25, -0.2) is 5.43 Å². The second-order valence-corrected chi connectivity index (χ2v) is 4.67. The van der Waals surface area contributed by atoms with Crippen LogP contribution in [0.25, 0.3) is 0 Å². The van der Waals surface area contributed by atoms with Gasteiger partial charge in [0.15, 0.2) is 6.10 Å². The fourth-order valence-corrected chi connectivity index (χ4v) is 1.61. The van der Waals surface area contributed by atoms with Crippen LogP contribution in [0.4, 0.5) is 0 Å². The minimum atomic E-state index is -0.666. The van der Waals surface area contributed by atoms with Gasteiger partial charge < -0.3 is 4.74 Å². The molecule has 0 saturated heterocycles. The number of nitrogens with one attached hydrogen (secondary N) is 1. The van der Waals surface area contributed by atoms with Crippen molar-refractivity contribution in [3.8, 4) is 5.75 Å². The van der Waals surface area contributed by atoms with Crippen molar-refractivity contribution >= 4 is 23.7 Å². The molecule has 2 rings (SSSR count). The Labute approximate surface area is 127 Å². The monoisotopic (exact) mass is 303 g/mol. The Kier molecular flexibility index (Phi) is 5.29. The van der Waals surface area contributed by atoms with Crippen molar-refractivity contribution in [3.05, 3.63) is 59.4 Å². The SMILES string of the molecule is C[C@H](Oc1ccc(Cl)cc1)C(=O)NN=Cc1ccncc1. The Bertz CT molecular complexity index is 615. The summed E-state index contributed by atoms with van der Waals surface area (Å²) in [7, 11) is 0. The molecule has 1 amide bonds. The first-order valence-electron chi connectivity index (χ1n) is 6.30. The molecule has 1 heterocycles. The van der Waals surface area contributed by atoms with E-state index in [2.05, 4.69) is 15.5 Å². The van der Waals surface area contributed by atoms with Crippen LogP contribution in [0.3, 0.4) is 0 Å². The van der Waals surface area contributed by atoms with Crippen molar-refractivity contribution in [3.63, 3.8) is 0 Å². The predicted molar refractivity (Wildman–Crippen MR) is 81.5 cm³/mol. The number of pyridine rings is 1. The molecule has 2 aromatic rings. The molecule has 0 unspecified atom stereocenters. The van der Waals surface area contributed by atoms with E-state index in [1.54, 1.807) is 55.7 Å². The summed E-state index contributed by atoms with van der Waals surface area (Å²) in [5.74, 6) is 0.232. The van der Waals surface area contributed by atoms with Gasteiger partial charge in [0, 0.05) is 17.4 Å². The van der Waals surface area contributed by atoms with E-state index >= 15 is 0 Å². The average Bonchev–Trinajstić information content (AvgIpc) is 2.50. The summed E-state index contributed by atoms with van der Waals surface area (Å²) in [5, 5.41) is 4.48. The summed E-state index contributed by atoms with van der Waals surface area (Å²) in [5.41, 5.74) is 3.27. The van der Waals surface area contributed by atoms with Gasteiger partial charge in [-0.15, -0.1) is 0 Å². The van der Waals surface area contributed by atoms with Crippen molar-refractivity contribution in [2.75, 3.05) is 0 Å². The van der Waals surface area contributed by atoms with Gasteiger partial charge in [0.05, 0.1) is 6.21 Å². The van der Waals surface area contributed by atoms with Crippen LogP contribution in [0, 0.1) is 0 Å². The van der Waals surface area contributed by atoms with E-state index in [1.807, 2.05) is 0 Å². The summed E-state index contributed by atoms with van der Waals surface area (Å²) in [4.78, 5) is 15.7. The minimum absolute atomic E-state index is 0.338. The first kappa shape index (κ1) is 15.0. The van der Waals surface area contributed by atoms with Crippen LogP contribution in [0.15, 0.2) is 53.9 Å². The Morgan fingerprint density at radius 2 is 1.95 bits per heavy atom. The highest BCUT2D eigenvalue weighted by atomic mass is 35.5. The molecule has 0 aliphatic heterocycles. The van der Waals surface area contributed by atoms with Gasteiger partial charge in [-0.2, -0.15) is 5.10 Å². The number of carbonyl (C=O) groups excluding carboxylic acids is 1. The van der Waals surface area contributed by atoms with Gasteiger partial charge in [0.1, 0.15) is 5.75 Å². The highest BCUT2D eigenvalue weighted by molar-refractivity contribution is 6.30. The molecule has 0 aliphatic carbocycles. The number of rotatable bonds is 5. The molecule has 1 N–H and O–H groups in total. The number of amides is 1. The molecule has 6 heteroatoms. The van der Waals surface area contributed by atoms with Gasteiger partial charge >= 0.3 is 0 Å². The van der Waals surface area contributed by atoms with Crippen LogP contribution in [0.2, 0.25) is 5.02 Å². The molecule has 108 valence electrons. The van der Waals surface area contributed by atoms with Gasteiger partial charge in [0.2, 0.25) is 0 Å². The Morgan fingerprint density at radius 3 is 2.62 bits per heavy atom. The molecule has 0 saturated carbocycles. The lowest BCUT2D eigenvalue weighted by Gasteiger charge is -2.12. The Balaban J connectivity index is 1.85. The molecule has 0 radical (unpaired) electrons. The maximum Gasteiger partial charge on any atom is 0.280 e. The van der Waals surface area contributed by atoms with Gasteiger partial charge in [-0.05, 0) is 48.9 Å². The molecule has 21 heavy (non-hydrogen) atoms. The molecule has 1 atom stereocenters. The number of ether oxygens (including phenoxy) is 1. The number of hydrazone groups is 1. The number of hydrogen-bond acceptors (Lipinski definition) is 4. The second-order valence-electron chi connectivity index (χ2n) is 4.23. The molecular formula is C15H14ClN3O2. The zero-order valence-electron chi connectivity index (χ0n) is 11.4. The molecule has 1 aromatic carbocycles. The number of carbonyl (C=O) groups is 1. The van der Waals surface area contributed by atoms with Crippen molar-refractivity contribution in [2.24, 2.45) is 5.10 Å². The quantitative estimate of drug-likeness (QED) is 0.682. The molecule has 0 aliphatic rings. The lowest BCUT2D eigenvalue weighted by molar-refractivity contribution is -0.127. The summed E-state index contributed by atoms with van der Waals surface area (Å²) >= 11 is 5.78. The topological polar surface area (TPSA) is 63.6 Å². The number of nitrogens with zero attached hydrogens (tertiary/aromatic N) is 2. The van der Waals surface area contributed by atoms with Crippen LogP contribution in [0.5, 0.6) is 5.75 Å². The third-order valence-corrected chi connectivity index (χ3v) is 2.84. The van der Waals surface area contributed by atoms with Crippen molar-refractivity contribution < 1.29 is 9.53 Å². The zero-order valence-corrected chi connectivity index (χ0v) is 12.1. The zero-order chi connectivity index (χ0) is 15.1. The van der Waals surface area contributed by atoms with Crippen molar-refractivity contribution in [1.82, 2.24) is 10.4 Å². The molecule has 1 aromatic heterocycles. The first-order chi connectivity index (χ1) is 10.1. The van der Waals surface area contributed by atoms with Crippen LogP contribution < -0.4 is 10.2 Å². The fraction of sp³-hybridized carbons (Fsp3) is 0.133. The van der Waals surface area contributed by atoms with E-state index in [1.165, 1.54) is 6.21 Å². The Hall–Kier alpha value is -2.40. The number of aromatic nitrogens is 1. The molecule has 0 fully saturated rings. The predicted octanol–water partition coefficient (Wildman–Crippen LogP) is 2.65. The smallest absolute Gasteiger partial charge is 0.280 e. The van der Waals surface area contributed by atoms with Crippen molar-refractivity contribution in [1.29, 1.82) is 0 Å². The average molecular weight is 304 g/mol. The third kappa shape index (κ3) is 4.89. The van der Waals surface area contributed by atoms with Crippen LogP contribution in [0.1, 0.15) is 12.5 Å². The maximum absolute atomic E-state index is 11.8. The van der Waals surface area contributed by atoms with E-state index in [9.17, 15) is 4.79 Å². The van der Waals surface area contributed by atoms with E-state index in [-0.39, 0.29) is 5.91 Å². The highest BCUT2D eigenvalue weighted by Crippen LogP contribution is 2.16. The summed E-state index contributed by atoms with van der Waals surface area (Å²) < 4.78 is 5.48. The molecule has 5 nitrogen and oxygen atoms in total. The normalized spacial score (nSPS) is 12.1. The summed E-state index contributed by atoms with van der Waals surface area (Å²) in [6, 6.07) is 10.4. The number of benzene rings is 1. The molecule has 0 bridgehead atoms. The molecular weight excluding hydrogens is 290 g/mol. The minimum Gasteiger partial charge on any atom is -0.481 e. The van der Waals surface area contributed by atoms with Gasteiger partial charge in [0.25, 0.3) is 5.91 Å². The lowest BCUT2D eigenvalue weighted by atomic mass is 10.3. The summed E-state index contributed by atoms with van der Waals surface area (Å²) in [6.07, 6.45) is 4.17. The van der Waals surface area contributed by atoms with E-state index in [0.29, 0.717) is 10.8 Å². The Morgan fingerprint density at radius 1 is 1.29 bits per heavy atom. The lowest BCUT2D eigenvalue weighted by Crippen LogP contribution is -2.33.